The Hall–Kier alpha value is -1.88. The third-order valence-electron chi connectivity index (χ3n) is 2.38. The number of anilines is 1. The lowest BCUT2D eigenvalue weighted by Gasteiger charge is -2.06. The van der Waals surface area contributed by atoms with Crippen LogP contribution in [0.1, 0.15) is 16.1 Å². The summed E-state index contributed by atoms with van der Waals surface area (Å²) in [6.07, 6.45) is 1.58. The van der Waals surface area contributed by atoms with Crippen molar-refractivity contribution >= 4 is 27.5 Å². The van der Waals surface area contributed by atoms with E-state index in [1.54, 1.807) is 24.4 Å². The summed E-state index contributed by atoms with van der Waals surface area (Å²) in [5.74, 6) is -0.218. The number of pyridine rings is 1. The third kappa shape index (κ3) is 3.07. The highest BCUT2D eigenvalue weighted by Gasteiger charge is 2.10. The Labute approximate surface area is 113 Å². The molecule has 1 aromatic heterocycles. The standard InChI is InChI=1S/C13H12BrN3O/c14-11-5-2-6-16-12(11)13(18)17-8-9-3-1-4-10(15)7-9/h1-7H,8,15H2,(H,17,18). The Balaban J connectivity index is 2.03. The molecule has 0 unspecified atom stereocenters. The zero-order chi connectivity index (χ0) is 13.0. The van der Waals surface area contributed by atoms with Gasteiger partial charge in [-0.25, -0.2) is 4.98 Å². The molecule has 5 heteroatoms. The predicted octanol–water partition coefficient (Wildman–Crippen LogP) is 2.36. The topological polar surface area (TPSA) is 68.0 Å². The van der Waals surface area contributed by atoms with Crippen LogP contribution < -0.4 is 11.1 Å². The first-order chi connectivity index (χ1) is 8.66. The van der Waals surface area contributed by atoms with Crippen molar-refractivity contribution in [1.29, 1.82) is 0 Å². The van der Waals surface area contributed by atoms with Crippen LogP contribution >= 0.6 is 15.9 Å². The lowest BCUT2D eigenvalue weighted by molar-refractivity contribution is 0.0945. The number of hydrogen-bond acceptors (Lipinski definition) is 3. The van der Waals surface area contributed by atoms with E-state index < -0.39 is 0 Å². The van der Waals surface area contributed by atoms with E-state index in [-0.39, 0.29) is 5.91 Å². The van der Waals surface area contributed by atoms with Crippen molar-refractivity contribution in [2.45, 2.75) is 6.54 Å². The zero-order valence-electron chi connectivity index (χ0n) is 9.56. The summed E-state index contributed by atoms with van der Waals surface area (Å²) in [6.45, 7) is 0.423. The molecule has 18 heavy (non-hydrogen) atoms. The molecule has 0 fully saturated rings. The highest BCUT2D eigenvalue weighted by atomic mass is 79.9. The molecule has 4 nitrogen and oxygen atoms in total. The molecule has 0 atom stereocenters. The highest BCUT2D eigenvalue weighted by Crippen LogP contribution is 2.13. The second kappa shape index (κ2) is 5.64. The number of aromatic nitrogens is 1. The number of nitrogens with one attached hydrogen (secondary N) is 1. The van der Waals surface area contributed by atoms with Crippen molar-refractivity contribution in [2.75, 3.05) is 5.73 Å². The summed E-state index contributed by atoms with van der Waals surface area (Å²) >= 11 is 3.29. The van der Waals surface area contributed by atoms with Gasteiger partial charge in [0.1, 0.15) is 5.69 Å². The summed E-state index contributed by atoms with van der Waals surface area (Å²) in [5, 5.41) is 2.80. The normalized spacial score (nSPS) is 10.1. The fourth-order valence-electron chi connectivity index (χ4n) is 1.52. The molecular formula is C13H12BrN3O. The molecule has 0 aliphatic heterocycles. The number of nitrogen functional groups attached to an aromatic ring is 1. The quantitative estimate of drug-likeness (QED) is 0.855. The average molecular weight is 306 g/mol. The van der Waals surface area contributed by atoms with E-state index in [2.05, 4.69) is 26.2 Å². The lowest BCUT2D eigenvalue weighted by atomic mass is 10.2. The van der Waals surface area contributed by atoms with Gasteiger partial charge in [0.15, 0.2) is 0 Å². The summed E-state index contributed by atoms with van der Waals surface area (Å²) in [5.41, 5.74) is 7.68. The van der Waals surface area contributed by atoms with Crippen molar-refractivity contribution in [1.82, 2.24) is 10.3 Å². The molecule has 1 heterocycles. The van der Waals surface area contributed by atoms with E-state index in [0.29, 0.717) is 22.4 Å². The third-order valence-corrected chi connectivity index (χ3v) is 3.02. The van der Waals surface area contributed by atoms with Gasteiger partial charge in [-0.2, -0.15) is 0 Å². The molecular weight excluding hydrogens is 294 g/mol. The SMILES string of the molecule is Nc1cccc(CNC(=O)c2ncccc2Br)c1. The van der Waals surface area contributed by atoms with Crippen LogP contribution in [0.3, 0.4) is 0 Å². The lowest BCUT2D eigenvalue weighted by Crippen LogP contribution is -2.24. The van der Waals surface area contributed by atoms with Gasteiger partial charge in [-0.3, -0.25) is 4.79 Å². The van der Waals surface area contributed by atoms with Crippen LogP contribution in [0.15, 0.2) is 47.1 Å². The first kappa shape index (κ1) is 12.6. The minimum Gasteiger partial charge on any atom is -0.399 e. The molecule has 2 aromatic rings. The Morgan fingerprint density at radius 1 is 1.33 bits per heavy atom. The van der Waals surface area contributed by atoms with Gasteiger partial charge in [0.25, 0.3) is 5.91 Å². The molecule has 0 aliphatic carbocycles. The molecule has 0 spiro atoms. The first-order valence-corrected chi connectivity index (χ1v) is 6.19. The van der Waals surface area contributed by atoms with Gasteiger partial charge in [0.05, 0.1) is 0 Å². The molecule has 3 N–H and O–H groups in total. The molecule has 92 valence electrons. The molecule has 0 aliphatic rings. The van der Waals surface area contributed by atoms with E-state index in [1.807, 2.05) is 18.2 Å². The van der Waals surface area contributed by atoms with Gasteiger partial charge >= 0.3 is 0 Å². The summed E-state index contributed by atoms with van der Waals surface area (Å²) in [7, 11) is 0. The maximum Gasteiger partial charge on any atom is 0.271 e. The van der Waals surface area contributed by atoms with Gasteiger partial charge in [0, 0.05) is 22.9 Å². The first-order valence-electron chi connectivity index (χ1n) is 5.40. The van der Waals surface area contributed by atoms with E-state index in [1.165, 1.54) is 0 Å². The van der Waals surface area contributed by atoms with Crippen LogP contribution in [-0.4, -0.2) is 10.9 Å². The second-order valence-electron chi connectivity index (χ2n) is 3.76. The maximum atomic E-state index is 11.9. The van der Waals surface area contributed by atoms with Crippen molar-refractivity contribution in [3.63, 3.8) is 0 Å². The largest absolute Gasteiger partial charge is 0.399 e. The van der Waals surface area contributed by atoms with E-state index in [9.17, 15) is 4.79 Å². The average Bonchev–Trinajstić information content (AvgIpc) is 2.37. The molecule has 0 radical (unpaired) electrons. The van der Waals surface area contributed by atoms with Crippen LogP contribution in [-0.2, 0) is 6.54 Å². The van der Waals surface area contributed by atoms with Crippen LogP contribution in [0.5, 0.6) is 0 Å². The molecule has 0 saturated heterocycles. The minimum absolute atomic E-state index is 0.218. The van der Waals surface area contributed by atoms with Gasteiger partial charge in [-0.05, 0) is 45.8 Å². The number of nitrogens with zero attached hydrogens (tertiary/aromatic N) is 1. The summed E-state index contributed by atoms with van der Waals surface area (Å²) in [4.78, 5) is 15.9. The van der Waals surface area contributed by atoms with Crippen LogP contribution in [0.4, 0.5) is 5.69 Å². The van der Waals surface area contributed by atoms with Gasteiger partial charge < -0.3 is 11.1 Å². The predicted molar refractivity (Wildman–Crippen MR) is 74.0 cm³/mol. The Kier molecular flexibility index (Phi) is 3.94. The van der Waals surface area contributed by atoms with Crippen molar-refractivity contribution in [3.05, 3.63) is 58.3 Å². The van der Waals surface area contributed by atoms with Gasteiger partial charge in [-0.15, -0.1) is 0 Å². The van der Waals surface area contributed by atoms with E-state index in [4.69, 9.17) is 5.73 Å². The number of halogens is 1. The Bertz CT molecular complexity index is 572. The van der Waals surface area contributed by atoms with Crippen molar-refractivity contribution in [2.24, 2.45) is 0 Å². The number of amides is 1. The molecule has 0 saturated carbocycles. The van der Waals surface area contributed by atoms with E-state index >= 15 is 0 Å². The number of hydrogen-bond donors (Lipinski definition) is 2. The highest BCUT2D eigenvalue weighted by molar-refractivity contribution is 9.10. The van der Waals surface area contributed by atoms with Crippen LogP contribution in [0, 0.1) is 0 Å². The van der Waals surface area contributed by atoms with E-state index in [0.717, 1.165) is 5.56 Å². The maximum absolute atomic E-state index is 11.9. The number of benzene rings is 1. The molecule has 1 aromatic carbocycles. The molecule has 0 bridgehead atoms. The molecule has 1 amide bonds. The fourth-order valence-corrected chi connectivity index (χ4v) is 1.96. The molecule has 2 rings (SSSR count). The smallest absolute Gasteiger partial charge is 0.271 e. The van der Waals surface area contributed by atoms with Crippen LogP contribution in [0.2, 0.25) is 0 Å². The number of rotatable bonds is 3. The van der Waals surface area contributed by atoms with Crippen molar-refractivity contribution < 1.29 is 4.79 Å². The Morgan fingerprint density at radius 3 is 2.89 bits per heavy atom. The summed E-state index contributed by atoms with van der Waals surface area (Å²) in [6, 6.07) is 10.9. The summed E-state index contributed by atoms with van der Waals surface area (Å²) < 4.78 is 0.676. The monoisotopic (exact) mass is 305 g/mol. The zero-order valence-corrected chi connectivity index (χ0v) is 11.1. The fraction of sp³-hybridized carbons (Fsp3) is 0.0769. The van der Waals surface area contributed by atoms with Crippen LogP contribution in [0.25, 0.3) is 0 Å². The number of carbonyl (C=O) groups excluding carboxylic acids is 1. The number of nitrogens with two attached hydrogens (primary N) is 1. The second-order valence-corrected chi connectivity index (χ2v) is 4.62. The Morgan fingerprint density at radius 2 is 2.17 bits per heavy atom. The minimum atomic E-state index is -0.218. The van der Waals surface area contributed by atoms with Gasteiger partial charge in [0.2, 0.25) is 0 Å². The number of carbonyl (C=O) groups is 1. The van der Waals surface area contributed by atoms with Crippen molar-refractivity contribution in [3.8, 4) is 0 Å². The van der Waals surface area contributed by atoms with Gasteiger partial charge in [-0.1, -0.05) is 12.1 Å².